The highest BCUT2D eigenvalue weighted by molar-refractivity contribution is 6.14. The van der Waals surface area contributed by atoms with E-state index in [4.69, 9.17) is 9.78 Å². The van der Waals surface area contributed by atoms with Crippen molar-refractivity contribution >= 4 is 46.1 Å². The van der Waals surface area contributed by atoms with Gasteiger partial charge < -0.3 is 19.7 Å². The molecule has 2 amide bonds. The first kappa shape index (κ1) is 25.6. The van der Waals surface area contributed by atoms with Crippen molar-refractivity contribution in [3.63, 3.8) is 0 Å². The first-order valence-corrected chi connectivity index (χ1v) is 11.1. The molecule has 0 aliphatic rings. The average Bonchev–Trinajstić information content (AvgIpc) is 3.31. The number of amides is 2. The van der Waals surface area contributed by atoms with E-state index in [-0.39, 0.29) is 33.9 Å². The molecule has 11 heteroatoms. The second-order valence-corrected chi connectivity index (χ2v) is 8.26. The number of aromatic carboxylic acids is 1. The third-order valence-corrected chi connectivity index (χ3v) is 5.78. The molecular weight excluding hydrogens is 492 g/mol. The van der Waals surface area contributed by atoms with Crippen LogP contribution in [0.5, 0.6) is 0 Å². The molecule has 3 N–H and O–H groups in total. The molecular formula is C27H20N4O7. The van der Waals surface area contributed by atoms with E-state index in [1.54, 1.807) is 31.2 Å². The number of rotatable bonds is 6. The summed E-state index contributed by atoms with van der Waals surface area (Å²) in [5.74, 6) is -2.31. The minimum atomic E-state index is -1.32. The number of aryl methyl sites for hydroxylation is 1. The van der Waals surface area contributed by atoms with Gasteiger partial charge in [-0.1, -0.05) is 11.2 Å². The van der Waals surface area contributed by atoms with Gasteiger partial charge in [-0.2, -0.15) is 5.26 Å². The summed E-state index contributed by atoms with van der Waals surface area (Å²) in [4.78, 5) is 48.8. The minimum absolute atomic E-state index is 0.0252. The van der Waals surface area contributed by atoms with Crippen molar-refractivity contribution in [3.8, 4) is 17.2 Å². The van der Waals surface area contributed by atoms with Crippen molar-refractivity contribution in [1.29, 1.82) is 5.26 Å². The number of ketones is 1. The Labute approximate surface area is 215 Å². The zero-order chi connectivity index (χ0) is 27.6. The molecule has 4 rings (SSSR count). The molecule has 0 unspecified atom stereocenters. The molecule has 0 saturated heterocycles. The lowest BCUT2D eigenvalue weighted by molar-refractivity contribution is 0.0697. The fourth-order valence-corrected chi connectivity index (χ4v) is 3.96. The number of nitrogens with one attached hydrogen (secondary N) is 2. The molecule has 0 aliphatic carbocycles. The fourth-order valence-electron chi connectivity index (χ4n) is 3.96. The van der Waals surface area contributed by atoms with Crippen LogP contribution in [0.3, 0.4) is 0 Å². The summed E-state index contributed by atoms with van der Waals surface area (Å²) in [6, 6.07) is 13.9. The van der Waals surface area contributed by atoms with E-state index < -0.39 is 18.0 Å². The summed E-state index contributed by atoms with van der Waals surface area (Å²) in [6.45, 7) is 3.20. The largest absolute Gasteiger partial charge is 0.478 e. The van der Waals surface area contributed by atoms with Crippen LogP contribution in [0.2, 0.25) is 0 Å². The number of ether oxygens (including phenoxy) is 1. The summed E-state index contributed by atoms with van der Waals surface area (Å²) in [5, 5.41) is 27.8. The highest BCUT2D eigenvalue weighted by atomic mass is 16.5. The molecule has 1 aromatic heterocycles. The number of aromatic nitrogens is 1. The number of methoxy groups -OCH3 is 1. The molecule has 38 heavy (non-hydrogen) atoms. The molecule has 0 saturated carbocycles. The lowest BCUT2D eigenvalue weighted by atomic mass is 9.92. The number of hydrogen-bond donors (Lipinski definition) is 3. The normalized spacial score (nSPS) is 10.5. The first-order chi connectivity index (χ1) is 18.1. The number of anilines is 2. The number of Topliss-reactive ketones (excluding diaryl/α,β-unsaturated/α-hetero) is 1. The summed E-state index contributed by atoms with van der Waals surface area (Å²) in [6.07, 6.45) is -0.628. The van der Waals surface area contributed by atoms with Gasteiger partial charge >= 0.3 is 12.1 Å². The predicted molar refractivity (Wildman–Crippen MR) is 136 cm³/mol. The second kappa shape index (κ2) is 10.2. The molecule has 0 spiro atoms. The molecule has 0 fully saturated rings. The van der Waals surface area contributed by atoms with Gasteiger partial charge in [-0.25, -0.2) is 9.59 Å². The lowest BCUT2D eigenvalue weighted by Gasteiger charge is -2.13. The molecule has 4 aromatic rings. The SMILES string of the molecule is COC(=O)Nc1ccc(-c2cc3c(C(=O)Nc4ccc(C#N)cc4C(=O)O)noc3cc2C(C)=O)c(C)c1. The van der Waals surface area contributed by atoms with Gasteiger partial charge in [0.15, 0.2) is 17.1 Å². The highest BCUT2D eigenvalue weighted by Crippen LogP contribution is 2.34. The molecule has 0 radical (unpaired) electrons. The van der Waals surface area contributed by atoms with Crippen LogP contribution in [0, 0.1) is 18.3 Å². The van der Waals surface area contributed by atoms with Gasteiger partial charge in [0, 0.05) is 11.3 Å². The van der Waals surface area contributed by atoms with Gasteiger partial charge in [0.2, 0.25) is 0 Å². The Hall–Kier alpha value is -5.50. The Morgan fingerprint density at radius 1 is 1.00 bits per heavy atom. The smallest absolute Gasteiger partial charge is 0.411 e. The Bertz CT molecular complexity index is 1680. The minimum Gasteiger partial charge on any atom is -0.478 e. The zero-order valence-electron chi connectivity index (χ0n) is 20.4. The van der Waals surface area contributed by atoms with Crippen LogP contribution in [-0.2, 0) is 4.74 Å². The van der Waals surface area contributed by atoms with E-state index in [1.165, 1.54) is 32.2 Å². The third kappa shape index (κ3) is 4.91. The van der Waals surface area contributed by atoms with Crippen molar-refractivity contribution in [2.24, 2.45) is 0 Å². The number of carbonyl (C=O) groups is 4. The summed E-state index contributed by atoms with van der Waals surface area (Å²) >= 11 is 0. The van der Waals surface area contributed by atoms with E-state index in [0.717, 1.165) is 11.6 Å². The van der Waals surface area contributed by atoms with E-state index in [2.05, 4.69) is 20.5 Å². The Kier molecular flexibility index (Phi) is 6.89. The molecule has 0 atom stereocenters. The summed E-state index contributed by atoms with van der Waals surface area (Å²) in [7, 11) is 1.25. The number of carboxylic acids is 1. The molecule has 3 aromatic carbocycles. The van der Waals surface area contributed by atoms with Gasteiger partial charge in [0.05, 0.1) is 35.4 Å². The van der Waals surface area contributed by atoms with Crippen LogP contribution in [0.1, 0.15) is 49.3 Å². The van der Waals surface area contributed by atoms with Crippen molar-refractivity contribution in [1.82, 2.24) is 5.16 Å². The van der Waals surface area contributed by atoms with Gasteiger partial charge in [0.1, 0.15) is 0 Å². The average molecular weight is 512 g/mol. The zero-order valence-corrected chi connectivity index (χ0v) is 20.4. The molecule has 0 aliphatic heterocycles. The fraction of sp³-hybridized carbons (Fsp3) is 0.111. The van der Waals surface area contributed by atoms with Gasteiger partial charge in [-0.15, -0.1) is 0 Å². The van der Waals surface area contributed by atoms with Crippen LogP contribution in [-0.4, -0.2) is 41.1 Å². The number of carbonyl (C=O) groups excluding carboxylic acids is 3. The van der Waals surface area contributed by atoms with Gasteiger partial charge in [-0.3, -0.25) is 14.9 Å². The lowest BCUT2D eigenvalue weighted by Crippen LogP contribution is -2.15. The predicted octanol–water partition coefficient (Wildman–Crippen LogP) is 5.01. The maximum atomic E-state index is 13.1. The maximum absolute atomic E-state index is 13.1. The standard InChI is InChI=1S/C27H20N4O7/c1-13-8-16(29-27(36)37-3)5-6-17(13)19-10-21-23(11-18(19)14(2)32)38-31-24(21)25(33)30-22-7-4-15(12-28)9-20(22)26(34)35/h4-11H,1-3H3,(H,29,36)(H,30,33)(H,34,35). The summed E-state index contributed by atoms with van der Waals surface area (Å²) < 4.78 is 9.94. The molecule has 1 heterocycles. The third-order valence-electron chi connectivity index (χ3n) is 5.78. The summed E-state index contributed by atoms with van der Waals surface area (Å²) in [5.41, 5.74) is 2.62. The van der Waals surface area contributed by atoms with Gasteiger partial charge in [0.25, 0.3) is 5.91 Å². The van der Waals surface area contributed by atoms with Crippen molar-refractivity contribution in [2.75, 3.05) is 17.7 Å². The van der Waals surface area contributed by atoms with Crippen LogP contribution < -0.4 is 10.6 Å². The molecule has 11 nitrogen and oxygen atoms in total. The Morgan fingerprint density at radius 3 is 2.39 bits per heavy atom. The number of benzene rings is 3. The van der Waals surface area contributed by atoms with E-state index in [1.807, 2.05) is 6.07 Å². The highest BCUT2D eigenvalue weighted by Gasteiger charge is 2.23. The monoisotopic (exact) mass is 512 g/mol. The van der Waals surface area contributed by atoms with Crippen molar-refractivity contribution < 1.29 is 33.5 Å². The Morgan fingerprint density at radius 2 is 1.76 bits per heavy atom. The number of fused-ring (bicyclic) bond motifs is 1. The number of nitrogens with zero attached hydrogens (tertiary/aromatic N) is 2. The maximum Gasteiger partial charge on any atom is 0.411 e. The number of hydrogen-bond acceptors (Lipinski definition) is 8. The van der Waals surface area contributed by atoms with E-state index >= 15 is 0 Å². The topological polar surface area (TPSA) is 172 Å². The van der Waals surface area contributed by atoms with E-state index in [0.29, 0.717) is 27.8 Å². The second-order valence-electron chi connectivity index (χ2n) is 8.26. The Balaban J connectivity index is 1.78. The number of carboxylic acid groups (broad SMARTS) is 1. The quantitative estimate of drug-likeness (QED) is 0.300. The van der Waals surface area contributed by atoms with Crippen molar-refractivity contribution in [2.45, 2.75) is 13.8 Å². The van der Waals surface area contributed by atoms with Crippen LogP contribution in [0.4, 0.5) is 16.2 Å². The van der Waals surface area contributed by atoms with Gasteiger partial charge in [-0.05, 0) is 73.0 Å². The van der Waals surface area contributed by atoms with Crippen molar-refractivity contribution in [3.05, 3.63) is 76.5 Å². The van der Waals surface area contributed by atoms with Crippen LogP contribution >= 0.6 is 0 Å². The number of nitriles is 1. The molecule has 0 bridgehead atoms. The van der Waals surface area contributed by atoms with Crippen LogP contribution in [0.25, 0.3) is 22.1 Å². The van der Waals surface area contributed by atoms with E-state index in [9.17, 15) is 24.3 Å². The molecule has 190 valence electrons. The van der Waals surface area contributed by atoms with Crippen LogP contribution in [0.15, 0.2) is 53.1 Å². The first-order valence-electron chi connectivity index (χ1n) is 11.1.